The maximum absolute atomic E-state index is 12.5. The van der Waals surface area contributed by atoms with Gasteiger partial charge in [0.25, 0.3) is 5.91 Å². The molecule has 1 atom stereocenters. The lowest BCUT2D eigenvalue weighted by atomic mass is 10.1. The number of hydrogen-bond donors (Lipinski definition) is 1. The third kappa shape index (κ3) is 5.00. The molecule has 0 saturated heterocycles. The Morgan fingerprint density at radius 1 is 1.00 bits per heavy atom. The van der Waals surface area contributed by atoms with Crippen molar-refractivity contribution in [2.75, 3.05) is 5.32 Å². The summed E-state index contributed by atoms with van der Waals surface area (Å²) in [7, 11) is 0. The normalized spacial score (nSPS) is 11.8. The van der Waals surface area contributed by atoms with Gasteiger partial charge in [-0.1, -0.05) is 54.1 Å². The molecule has 0 saturated carbocycles. The summed E-state index contributed by atoms with van der Waals surface area (Å²) < 4.78 is 10.9. The van der Waals surface area contributed by atoms with E-state index in [1.165, 1.54) is 0 Å². The van der Waals surface area contributed by atoms with Gasteiger partial charge in [0.1, 0.15) is 0 Å². The van der Waals surface area contributed by atoms with Gasteiger partial charge in [0.2, 0.25) is 11.8 Å². The molecule has 1 unspecified atom stereocenters. The monoisotopic (exact) mass is 429 g/mol. The zero-order chi connectivity index (χ0) is 22.5. The Morgan fingerprint density at radius 2 is 1.75 bits per heavy atom. The van der Waals surface area contributed by atoms with E-state index in [1.54, 1.807) is 6.92 Å². The summed E-state index contributed by atoms with van der Waals surface area (Å²) in [5, 5.41) is 12.8. The van der Waals surface area contributed by atoms with Crippen molar-refractivity contribution in [2.24, 2.45) is 0 Å². The first-order valence-corrected chi connectivity index (χ1v) is 10.4. The smallest absolute Gasteiger partial charge is 0.307 e. The second kappa shape index (κ2) is 9.43. The second-order valence-corrected chi connectivity index (χ2v) is 7.52. The van der Waals surface area contributed by atoms with Gasteiger partial charge in [0, 0.05) is 23.1 Å². The third-order valence-electron chi connectivity index (χ3n) is 5.03. The van der Waals surface area contributed by atoms with E-state index in [0.717, 1.165) is 21.9 Å². The Balaban J connectivity index is 1.30. The number of nitrogens with zero attached hydrogens (tertiary/aromatic N) is 2. The predicted molar refractivity (Wildman–Crippen MR) is 121 cm³/mol. The summed E-state index contributed by atoms with van der Waals surface area (Å²) >= 11 is 0. The van der Waals surface area contributed by atoms with Gasteiger partial charge in [-0.15, -0.1) is 10.2 Å². The van der Waals surface area contributed by atoms with Crippen LogP contribution in [-0.4, -0.2) is 28.2 Å². The van der Waals surface area contributed by atoms with E-state index in [2.05, 4.69) is 15.5 Å². The molecule has 7 nitrogen and oxygen atoms in total. The first kappa shape index (κ1) is 21.2. The first-order valence-electron chi connectivity index (χ1n) is 10.4. The van der Waals surface area contributed by atoms with Crippen molar-refractivity contribution in [1.82, 2.24) is 10.2 Å². The Morgan fingerprint density at radius 3 is 2.56 bits per heavy atom. The third-order valence-corrected chi connectivity index (χ3v) is 5.03. The number of anilines is 1. The molecule has 0 spiro atoms. The number of fused-ring (bicyclic) bond motifs is 1. The van der Waals surface area contributed by atoms with Crippen LogP contribution in [0.2, 0.25) is 0 Å². The lowest BCUT2D eigenvalue weighted by molar-refractivity contribution is -0.153. The van der Waals surface area contributed by atoms with Crippen molar-refractivity contribution in [3.63, 3.8) is 0 Å². The number of rotatable bonds is 7. The van der Waals surface area contributed by atoms with Gasteiger partial charge < -0.3 is 14.5 Å². The van der Waals surface area contributed by atoms with E-state index < -0.39 is 18.0 Å². The number of aromatic nitrogens is 2. The Kier molecular flexibility index (Phi) is 6.26. The van der Waals surface area contributed by atoms with Gasteiger partial charge in [-0.05, 0) is 37.4 Å². The Labute approximate surface area is 185 Å². The molecule has 162 valence electrons. The van der Waals surface area contributed by atoms with Crippen LogP contribution in [-0.2, 0) is 20.7 Å². The van der Waals surface area contributed by atoms with E-state index in [4.69, 9.17) is 9.15 Å². The zero-order valence-corrected chi connectivity index (χ0v) is 17.9. The molecule has 4 rings (SSSR count). The van der Waals surface area contributed by atoms with Gasteiger partial charge in [-0.25, -0.2) is 0 Å². The standard InChI is InChI=1S/C25H23N3O4/c1-16-10-12-19(13-11-16)25-28-27-22(32-25)14-15-23(29)31-17(2)24(30)26-21-9-5-7-18-6-3-4-8-20(18)21/h3-13,17H,14-15H2,1-2H3,(H,26,30). The summed E-state index contributed by atoms with van der Waals surface area (Å²) in [6.07, 6.45) is -0.677. The van der Waals surface area contributed by atoms with Crippen molar-refractivity contribution in [1.29, 1.82) is 0 Å². The molecule has 1 aromatic heterocycles. The fraction of sp³-hybridized carbons (Fsp3) is 0.200. The van der Waals surface area contributed by atoms with Crippen molar-refractivity contribution >= 4 is 28.3 Å². The number of amides is 1. The predicted octanol–water partition coefficient (Wildman–Crippen LogP) is 4.70. The SMILES string of the molecule is Cc1ccc(-c2nnc(CCC(=O)OC(C)C(=O)Nc3cccc4ccccc34)o2)cc1. The van der Waals surface area contributed by atoms with Crippen LogP contribution in [0.3, 0.4) is 0 Å². The van der Waals surface area contributed by atoms with Gasteiger partial charge >= 0.3 is 5.97 Å². The molecule has 0 radical (unpaired) electrons. The van der Waals surface area contributed by atoms with E-state index in [-0.39, 0.29) is 12.8 Å². The molecule has 0 aliphatic carbocycles. The second-order valence-electron chi connectivity index (χ2n) is 7.52. The minimum Gasteiger partial charge on any atom is -0.453 e. The van der Waals surface area contributed by atoms with Gasteiger partial charge in [0.15, 0.2) is 6.10 Å². The minimum atomic E-state index is -0.938. The number of hydrogen-bond acceptors (Lipinski definition) is 6. The fourth-order valence-corrected chi connectivity index (χ4v) is 3.25. The first-order chi connectivity index (χ1) is 15.5. The lowest BCUT2D eigenvalue weighted by Crippen LogP contribution is -2.30. The average Bonchev–Trinajstić information content (AvgIpc) is 3.27. The largest absolute Gasteiger partial charge is 0.453 e. The van der Waals surface area contributed by atoms with Crippen LogP contribution in [0.1, 0.15) is 24.8 Å². The van der Waals surface area contributed by atoms with Gasteiger partial charge in [-0.3, -0.25) is 9.59 Å². The molecule has 1 N–H and O–H groups in total. The molecule has 32 heavy (non-hydrogen) atoms. The quantitative estimate of drug-likeness (QED) is 0.428. The number of aryl methyl sites for hydroxylation is 2. The molecule has 0 fully saturated rings. The summed E-state index contributed by atoms with van der Waals surface area (Å²) in [6.45, 7) is 3.54. The highest BCUT2D eigenvalue weighted by Crippen LogP contribution is 2.23. The molecule has 0 bridgehead atoms. The molecule has 1 heterocycles. The molecule has 0 aliphatic heterocycles. The number of carbonyl (C=O) groups excluding carboxylic acids is 2. The zero-order valence-electron chi connectivity index (χ0n) is 17.9. The number of esters is 1. The topological polar surface area (TPSA) is 94.3 Å². The van der Waals surface area contributed by atoms with Crippen LogP contribution in [0.5, 0.6) is 0 Å². The molecule has 4 aromatic rings. The summed E-state index contributed by atoms with van der Waals surface area (Å²) in [5.74, 6) is -0.170. The highest BCUT2D eigenvalue weighted by atomic mass is 16.5. The molecule has 7 heteroatoms. The minimum absolute atomic E-state index is 0.0292. The number of ether oxygens (including phenoxy) is 1. The highest BCUT2D eigenvalue weighted by molar-refractivity contribution is 6.03. The van der Waals surface area contributed by atoms with Crippen molar-refractivity contribution in [3.05, 3.63) is 78.2 Å². The van der Waals surface area contributed by atoms with E-state index >= 15 is 0 Å². The molecule has 3 aromatic carbocycles. The van der Waals surface area contributed by atoms with E-state index in [1.807, 2.05) is 73.7 Å². The van der Waals surface area contributed by atoms with Crippen molar-refractivity contribution in [3.8, 4) is 11.5 Å². The maximum Gasteiger partial charge on any atom is 0.307 e. The fourth-order valence-electron chi connectivity index (χ4n) is 3.25. The number of carbonyl (C=O) groups is 2. The highest BCUT2D eigenvalue weighted by Gasteiger charge is 2.19. The Hall–Kier alpha value is -4.00. The van der Waals surface area contributed by atoms with Crippen LogP contribution in [0.4, 0.5) is 5.69 Å². The summed E-state index contributed by atoms with van der Waals surface area (Å²) in [6, 6.07) is 21.1. The summed E-state index contributed by atoms with van der Waals surface area (Å²) in [5.41, 5.74) is 2.62. The van der Waals surface area contributed by atoms with E-state index in [9.17, 15) is 9.59 Å². The van der Waals surface area contributed by atoms with Crippen LogP contribution in [0.25, 0.3) is 22.2 Å². The van der Waals surface area contributed by atoms with Gasteiger partial charge in [-0.2, -0.15) is 0 Å². The molecule has 0 aliphatic rings. The lowest BCUT2D eigenvalue weighted by Gasteiger charge is -2.14. The summed E-state index contributed by atoms with van der Waals surface area (Å²) in [4.78, 5) is 24.7. The maximum atomic E-state index is 12.5. The van der Waals surface area contributed by atoms with Gasteiger partial charge in [0.05, 0.1) is 6.42 Å². The van der Waals surface area contributed by atoms with E-state index in [0.29, 0.717) is 17.5 Å². The molecular weight excluding hydrogens is 406 g/mol. The Bertz CT molecular complexity index is 1240. The van der Waals surface area contributed by atoms with Crippen molar-refractivity contribution in [2.45, 2.75) is 32.8 Å². The van der Waals surface area contributed by atoms with Crippen LogP contribution in [0.15, 0.2) is 71.1 Å². The number of nitrogens with one attached hydrogen (secondary N) is 1. The molecule has 1 amide bonds. The van der Waals surface area contributed by atoms with Crippen molar-refractivity contribution < 1.29 is 18.7 Å². The van der Waals surface area contributed by atoms with Crippen LogP contribution in [0, 0.1) is 6.92 Å². The average molecular weight is 429 g/mol. The molecular formula is C25H23N3O4. The number of benzene rings is 3. The van der Waals surface area contributed by atoms with Crippen LogP contribution < -0.4 is 5.32 Å². The van der Waals surface area contributed by atoms with Crippen LogP contribution >= 0.6 is 0 Å².